The Morgan fingerprint density at radius 2 is 1.92 bits per heavy atom. The van der Waals surface area contributed by atoms with Gasteiger partial charge in [-0.1, -0.05) is 30.3 Å². The van der Waals surface area contributed by atoms with Crippen LogP contribution < -0.4 is 21.3 Å². The van der Waals surface area contributed by atoms with Gasteiger partial charge in [0.2, 0.25) is 11.8 Å². The van der Waals surface area contributed by atoms with Gasteiger partial charge in [-0.25, -0.2) is 4.79 Å². The van der Waals surface area contributed by atoms with E-state index in [0.717, 1.165) is 33.0 Å². The molecule has 5 N–H and O–H groups in total. The van der Waals surface area contributed by atoms with Gasteiger partial charge < -0.3 is 36.0 Å². The Kier molecular flexibility index (Phi) is 7.39. The molecule has 4 rings (SSSR count). The Morgan fingerprint density at radius 1 is 1.19 bits per heavy atom. The number of fused-ring (bicyclic) bond motifs is 1. The van der Waals surface area contributed by atoms with Gasteiger partial charge in [0, 0.05) is 26.6 Å². The van der Waals surface area contributed by atoms with E-state index in [4.69, 9.17) is 10.5 Å². The third-order valence-corrected chi connectivity index (χ3v) is 6.39. The van der Waals surface area contributed by atoms with Crippen molar-refractivity contribution in [1.29, 1.82) is 0 Å². The molecular formula is C25H29N5O6. The molecule has 2 aliphatic heterocycles. The van der Waals surface area contributed by atoms with Crippen molar-refractivity contribution in [1.82, 2.24) is 10.2 Å². The number of rotatable bonds is 6. The highest BCUT2D eigenvalue weighted by Gasteiger charge is 2.30. The molecule has 2 aliphatic rings. The Labute approximate surface area is 208 Å². The number of carbonyl (C=O) groups excluding carboxylic acids is 3. The molecule has 0 radical (unpaired) electrons. The van der Waals surface area contributed by atoms with Crippen LogP contribution in [-0.4, -0.2) is 79.3 Å². The summed E-state index contributed by atoms with van der Waals surface area (Å²) in [6.45, 7) is 0.670. The number of primary amides is 1. The molecule has 4 amide bonds. The van der Waals surface area contributed by atoms with Crippen molar-refractivity contribution in [3.8, 4) is 11.1 Å². The number of nitrogens with two attached hydrogens (primary N) is 1. The van der Waals surface area contributed by atoms with Crippen molar-refractivity contribution in [2.24, 2.45) is 5.73 Å². The number of anilines is 2. The molecule has 2 heterocycles. The normalized spacial score (nSPS) is 18.5. The lowest BCUT2D eigenvalue weighted by Crippen LogP contribution is -2.52. The highest BCUT2D eigenvalue weighted by molar-refractivity contribution is 6.03. The molecule has 190 valence electrons. The van der Waals surface area contributed by atoms with E-state index < -0.39 is 30.1 Å². The highest BCUT2D eigenvalue weighted by atomic mass is 16.5. The van der Waals surface area contributed by atoms with Gasteiger partial charge in [0.05, 0.1) is 24.5 Å². The number of hydrogen-bond donors (Lipinski definition) is 4. The van der Waals surface area contributed by atoms with E-state index in [1.807, 2.05) is 42.5 Å². The summed E-state index contributed by atoms with van der Waals surface area (Å²) in [5.74, 6) is -1.30. The van der Waals surface area contributed by atoms with Crippen LogP contribution in [0.4, 0.5) is 16.2 Å². The number of carbonyl (C=O) groups is 4. The van der Waals surface area contributed by atoms with Crippen molar-refractivity contribution in [2.75, 3.05) is 43.5 Å². The van der Waals surface area contributed by atoms with Crippen LogP contribution >= 0.6 is 0 Å². The fourth-order valence-corrected chi connectivity index (χ4v) is 4.28. The predicted octanol–water partition coefficient (Wildman–Crippen LogP) is 1.02. The molecule has 0 aliphatic carbocycles. The van der Waals surface area contributed by atoms with E-state index >= 15 is 0 Å². The first-order valence-corrected chi connectivity index (χ1v) is 11.7. The summed E-state index contributed by atoms with van der Waals surface area (Å²) < 4.78 is 5.50. The second kappa shape index (κ2) is 10.6. The molecule has 0 spiro atoms. The van der Waals surface area contributed by atoms with E-state index in [1.54, 1.807) is 11.9 Å². The van der Waals surface area contributed by atoms with E-state index in [1.165, 1.54) is 0 Å². The van der Waals surface area contributed by atoms with Gasteiger partial charge in [-0.05, 0) is 35.2 Å². The summed E-state index contributed by atoms with van der Waals surface area (Å²) in [4.78, 5) is 50.9. The van der Waals surface area contributed by atoms with Gasteiger partial charge in [-0.2, -0.15) is 0 Å². The summed E-state index contributed by atoms with van der Waals surface area (Å²) in [6.07, 6.45) is -1.49. The molecule has 1 unspecified atom stereocenters. The van der Waals surface area contributed by atoms with Crippen LogP contribution in [0.25, 0.3) is 11.1 Å². The van der Waals surface area contributed by atoms with E-state index in [-0.39, 0.29) is 38.6 Å². The molecule has 2 aromatic rings. The minimum absolute atomic E-state index is 0.0144. The Balaban J connectivity index is 1.43. The second-order valence-corrected chi connectivity index (χ2v) is 8.84. The highest BCUT2D eigenvalue weighted by Crippen LogP contribution is 2.33. The monoisotopic (exact) mass is 495 g/mol. The number of carboxylic acid groups (broad SMARTS) is 1. The minimum Gasteiger partial charge on any atom is -0.465 e. The van der Waals surface area contributed by atoms with E-state index in [0.29, 0.717) is 6.42 Å². The molecule has 2 atom stereocenters. The van der Waals surface area contributed by atoms with Crippen molar-refractivity contribution >= 4 is 35.2 Å². The van der Waals surface area contributed by atoms with E-state index in [2.05, 4.69) is 10.6 Å². The van der Waals surface area contributed by atoms with Crippen LogP contribution in [0.5, 0.6) is 0 Å². The molecule has 2 aromatic carbocycles. The van der Waals surface area contributed by atoms with Crippen LogP contribution in [0, 0.1) is 0 Å². The molecule has 1 saturated heterocycles. The third kappa shape index (κ3) is 5.57. The van der Waals surface area contributed by atoms with Gasteiger partial charge in [-0.15, -0.1) is 0 Å². The SMILES string of the molecule is CN1C(=O)CNc2ccc(-c3ccc(CC(NC(=O)[C@@H]4CN(C(=O)O)CCCO4)C(N)=O)cc3)cc21. The molecule has 0 aromatic heterocycles. The number of nitrogens with zero attached hydrogens (tertiary/aromatic N) is 2. The molecule has 11 nitrogen and oxygen atoms in total. The standard InChI is InChI=1S/C25H29N5O6/c1-29-20-12-17(7-8-18(20)27-13-22(29)31)16-5-3-15(4-6-16)11-19(23(26)32)28-24(33)21-14-30(25(34)35)9-2-10-36-21/h3-8,12,19,21,27H,2,9-11,13-14H2,1H3,(H2,26,32)(H,28,33)(H,34,35)/t19?,21-/m0/s1. The summed E-state index contributed by atoms with van der Waals surface area (Å²) in [6, 6.07) is 12.3. The Morgan fingerprint density at radius 3 is 2.61 bits per heavy atom. The van der Waals surface area contributed by atoms with Gasteiger partial charge in [0.1, 0.15) is 6.04 Å². The summed E-state index contributed by atoms with van der Waals surface area (Å²) >= 11 is 0. The first-order chi connectivity index (χ1) is 17.2. The van der Waals surface area contributed by atoms with Crippen molar-refractivity contribution in [3.05, 3.63) is 48.0 Å². The first-order valence-electron chi connectivity index (χ1n) is 11.7. The van der Waals surface area contributed by atoms with Crippen LogP contribution in [0.15, 0.2) is 42.5 Å². The maximum atomic E-state index is 12.7. The average Bonchev–Trinajstić information content (AvgIpc) is 3.13. The number of likely N-dealkylation sites (N-methyl/N-ethyl adjacent to an activating group) is 1. The summed E-state index contributed by atoms with van der Waals surface area (Å²) in [5.41, 5.74) is 9.86. The van der Waals surface area contributed by atoms with Gasteiger partial charge in [-0.3, -0.25) is 14.4 Å². The Hall–Kier alpha value is -4.12. The first kappa shape index (κ1) is 25.0. The van der Waals surface area contributed by atoms with Crippen molar-refractivity contribution in [3.63, 3.8) is 0 Å². The molecule has 11 heteroatoms. The number of benzene rings is 2. The zero-order valence-electron chi connectivity index (χ0n) is 19.9. The molecular weight excluding hydrogens is 466 g/mol. The Bertz CT molecular complexity index is 1170. The van der Waals surface area contributed by atoms with Crippen molar-refractivity contribution in [2.45, 2.75) is 25.0 Å². The topological polar surface area (TPSA) is 154 Å². The fourth-order valence-electron chi connectivity index (χ4n) is 4.28. The zero-order chi connectivity index (χ0) is 25.8. The lowest BCUT2D eigenvalue weighted by Gasteiger charge is -2.27. The van der Waals surface area contributed by atoms with E-state index in [9.17, 15) is 24.3 Å². The third-order valence-electron chi connectivity index (χ3n) is 6.39. The fraction of sp³-hybridized carbons (Fsp3) is 0.360. The number of nitrogens with one attached hydrogen (secondary N) is 2. The van der Waals surface area contributed by atoms with Gasteiger partial charge >= 0.3 is 6.09 Å². The molecule has 0 bridgehead atoms. The molecule has 1 fully saturated rings. The lowest BCUT2D eigenvalue weighted by atomic mass is 9.99. The maximum Gasteiger partial charge on any atom is 0.407 e. The van der Waals surface area contributed by atoms with Crippen LogP contribution in [-0.2, 0) is 25.5 Å². The predicted molar refractivity (Wildman–Crippen MR) is 133 cm³/mol. The quantitative estimate of drug-likeness (QED) is 0.466. The average molecular weight is 496 g/mol. The summed E-state index contributed by atoms with van der Waals surface area (Å²) in [7, 11) is 1.74. The lowest BCUT2D eigenvalue weighted by molar-refractivity contribution is -0.135. The zero-order valence-corrected chi connectivity index (χ0v) is 19.9. The van der Waals surface area contributed by atoms with Gasteiger partial charge in [0.25, 0.3) is 5.91 Å². The van der Waals surface area contributed by atoms with Crippen LogP contribution in [0.2, 0.25) is 0 Å². The minimum atomic E-state index is -1.13. The number of ether oxygens (including phenoxy) is 1. The molecule has 36 heavy (non-hydrogen) atoms. The van der Waals surface area contributed by atoms with Crippen molar-refractivity contribution < 1.29 is 29.0 Å². The van der Waals surface area contributed by atoms with Crippen LogP contribution in [0.1, 0.15) is 12.0 Å². The van der Waals surface area contributed by atoms with Gasteiger partial charge in [0.15, 0.2) is 6.10 Å². The number of amides is 4. The largest absolute Gasteiger partial charge is 0.465 e. The number of hydrogen-bond acceptors (Lipinski definition) is 6. The second-order valence-electron chi connectivity index (χ2n) is 8.84. The smallest absolute Gasteiger partial charge is 0.407 e. The maximum absolute atomic E-state index is 12.7. The molecule has 0 saturated carbocycles. The summed E-state index contributed by atoms with van der Waals surface area (Å²) in [5, 5.41) is 15.0. The van der Waals surface area contributed by atoms with Crippen LogP contribution in [0.3, 0.4) is 0 Å².